The maximum atomic E-state index is 9.21. The van der Waals surface area contributed by atoms with E-state index in [1.54, 1.807) is 12.1 Å². The molecule has 0 aliphatic rings. The van der Waals surface area contributed by atoms with Crippen molar-refractivity contribution in [3.05, 3.63) is 29.8 Å². The number of phenolic OH excluding ortho intramolecular Hbond substituents is 1. The average Bonchev–Trinajstić information content (AvgIpc) is 2.33. The molecule has 1 aromatic carbocycles. The molecule has 96 valence electrons. The molecule has 0 aliphatic carbocycles. The molecule has 3 nitrogen and oxygen atoms in total. The Balaban J connectivity index is 2.34. The number of hydrogen-bond acceptors (Lipinski definition) is 3. The lowest BCUT2D eigenvalue weighted by Gasteiger charge is -2.23. The Morgan fingerprint density at radius 1 is 1.00 bits per heavy atom. The molecule has 1 aromatic rings. The molecule has 0 aromatic heterocycles. The predicted molar refractivity (Wildman–Crippen MR) is 72.2 cm³/mol. The lowest BCUT2D eigenvalue weighted by atomic mass is 10.2. The van der Waals surface area contributed by atoms with E-state index in [1.807, 2.05) is 12.1 Å². The Kier molecular flexibility index (Phi) is 6.01. The summed E-state index contributed by atoms with van der Waals surface area (Å²) in [5.74, 6) is 0.333. The van der Waals surface area contributed by atoms with Crippen LogP contribution in [0.4, 0.5) is 0 Å². The first-order chi connectivity index (χ1) is 8.15. The van der Waals surface area contributed by atoms with Crippen LogP contribution in [0.2, 0.25) is 0 Å². The molecule has 0 fully saturated rings. The predicted octanol–water partition coefficient (Wildman–Crippen LogP) is 2.17. The second-order valence-electron chi connectivity index (χ2n) is 4.43. The number of hydrogen-bond donors (Lipinski definition) is 1. The molecule has 0 amide bonds. The van der Waals surface area contributed by atoms with Gasteiger partial charge in [-0.25, -0.2) is 0 Å². The molecule has 17 heavy (non-hydrogen) atoms. The monoisotopic (exact) mass is 236 g/mol. The van der Waals surface area contributed by atoms with Crippen LogP contribution in [-0.4, -0.2) is 48.1 Å². The van der Waals surface area contributed by atoms with E-state index < -0.39 is 0 Å². The Hall–Kier alpha value is -1.06. The van der Waals surface area contributed by atoms with Gasteiger partial charge in [0, 0.05) is 19.6 Å². The Labute approximate surface area is 105 Å². The summed E-state index contributed by atoms with van der Waals surface area (Å²) < 4.78 is 0. The van der Waals surface area contributed by atoms with Crippen molar-refractivity contribution in [2.45, 2.75) is 20.4 Å². The first-order valence-corrected chi connectivity index (χ1v) is 6.34. The molecule has 0 atom stereocenters. The van der Waals surface area contributed by atoms with Crippen LogP contribution in [0.5, 0.6) is 5.75 Å². The van der Waals surface area contributed by atoms with Gasteiger partial charge >= 0.3 is 0 Å². The number of benzene rings is 1. The van der Waals surface area contributed by atoms with Crippen LogP contribution in [0.15, 0.2) is 24.3 Å². The molecule has 1 N–H and O–H groups in total. The van der Waals surface area contributed by atoms with Gasteiger partial charge in [-0.15, -0.1) is 0 Å². The third kappa shape index (κ3) is 5.20. The Morgan fingerprint density at radius 2 is 1.59 bits per heavy atom. The average molecular weight is 236 g/mol. The Morgan fingerprint density at radius 3 is 2.12 bits per heavy atom. The van der Waals surface area contributed by atoms with Gasteiger partial charge in [-0.2, -0.15) is 0 Å². The van der Waals surface area contributed by atoms with E-state index in [0.717, 1.165) is 32.7 Å². The minimum atomic E-state index is 0.333. The van der Waals surface area contributed by atoms with E-state index in [2.05, 4.69) is 30.7 Å². The molecule has 0 spiro atoms. The van der Waals surface area contributed by atoms with Gasteiger partial charge in [-0.3, -0.25) is 0 Å². The van der Waals surface area contributed by atoms with Gasteiger partial charge in [0.05, 0.1) is 0 Å². The SMILES string of the molecule is CCN(CC)CCN(C)Cc1ccc(O)cc1. The van der Waals surface area contributed by atoms with Gasteiger partial charge in [-0.1, -0.05) is 26.0 Å². The first kappa shape index (κ1) is 14.0. The summed E-state index contributed by atoms with van der Waals surface area (Å²) in [4.78, 5) is 4.73. The number of rotatable bonds is 7. The number of nitrogens with zero attached hydrogens (tertiary/aromatic N) is 2. The second kappa shape index (κ2) is 7.30. The van der Waals surface area contributed by atoms with Crippen molar-refractivity contribution in [1.29, 1.82) is 0 Å². The third-order valence-corrected chi connectivity index (χ3v) is 3.08. The van der Waals surface area contributed by atoms with Crippen molar-refractivity contribution in [3.8, 4) is 5.75 Å². The molecule has 0 aliphatic heterocycles. The second-order valence-corrected chi connectivity index (χ2v) is 4.43. The number of likely N-dealkylation sites (N-methyl/N-ethyl adjacent to an activating group) is 2. The van der Waals surface area contributed by atoms with E-state index in [4.69, 9.17) is 0 Å². The zero-order valence-corrected chi connectivity index (χ0v) is 11.2. The van der Waals surface area contributed by atoms with Crippen LogP contribution in [0, 0.1) is 0 Å². The highest BCUT2D eigenvalue weighted by molar-refractivity contribution is 5.25. The molecule has 3 heteroatoms. The topological polar surface area (TPSA) is 26.7 Å². The summed E-state index contributed by atoms with van der Waals surface area (Å²) in [6.45, 7) is 9.74. The smallest absolute Gasteiger partial charge is 0.115 e. The zero-order chi connectivity index (χ0) is 12.7. The van der Waals surface area contributed by atoms with Crippen LogP contribution >= 0.6 is 0 Å². The molecule has 0 heterocycles. The fourth-order valence-electron chi connectivity index (χ4n) is 1.84. The standard InChI is InChI=1S/C14H24N2O/c1-4-16(5-2)11-10-15(3)12-13-6-8-14(17)9-7-13/h6-9,17H,4-5,10-12H2,1-3H3. The lowest BCUT2D eigenvalue weighted by molar-refractivity contribution is 0.236. The van der Waals surface area contributed by atoms with Gasteiger partial charge in [-0.05, 0) is 37.8 Å². The normalized spacial score (nSPS) is 11.4. The highest BCUT2D eigenvalue weighted by Gasteiger charge is 2.03. The highest BCUT2D eigenvalue weighted by Crippen LogP contribution is 2.10. The lowest BCUT2D eigenvalue weighted by Crippen LogP contribution is -2.32. The summed E-state index contributed by atoms with van der Waals surface area (Å²) in [5.41, 5.74) is 1.24. The van der Waals surface area contributed by atoms with Crippen LogP contribution in [0.1, 0.15) is 19.4 Å². The summed E-state index contributed by atoms with van der Waals surface area (Å²) in [6, 6.07) is 7.44. The van der Waals surface area contributed by atoms with Crippen LogP contribution in [0.25, 0.3) is 0 Å². The summed E-state index contributed by atoms with van der Waals surface area (Å²) >= 11 is 0. The highest BCUT2D eigenvalue weighted by atomic mass is 16.3. The van der Waals surface area contributed by atoms with E-state index >= 15 is 0 Å². The van der Waals surface area contributed by atoms with Gasteiger partial charge < -0.3 is 14.9 Å². The molecule has 0 saturated heterocycles. The van der Waals surface area contributed by atoms with E-state index in [-0.39, 0.29) is 0 Å². The summed E-state index contributed by atoms with van der Waals surface area (Å²) in [5, 5.41) is 9.21. The molecule has 0 radical (unpaired) electrons. The van der Waals surface area contributed by atoms with Crippen molar-refractivity contribution in [3.63, 3.8) is 0 Å². The van der Waals surface area contributed by atoms with Crippen LogP contribution < -0.4 is 0 Å². The third-order valence-electron chi connectivity index (χ3n) is 3.08. The van der Waals surface area contributed by atoms with Gasteiger partial charge in [0.1, 0.15) is 5.75 Å². The molecule has 0 saturated carbocycles. The van der Waals surface area contributed by atoms with Crippen molar-refractivity contribution < 1.29 is 5.11 Å². The summed E-state index contributed by atoms with van der Waals surface area (Å²) in [6.07, 6.45) is 0. The molecule has 0 unspecified atom stereocenters. The maximum Gasteiger partial charge on any atom is 0.115 e. The minimum absolute atomic E-state index is 0.333. The quantitative estimate of drug-likeness (QED) is 0.786. The fourth-order valence-corrected chi connectivity index (χ4v) is 1.84. The minimum Gasteiger partial charge on any atom is -0.508 e. The van der Waals surface area contributed by atoms with Crippen molar-refractivity contribution >= 4 is 0 Å². The van der Waals surface area contributed by atoms with Crippen molar-refractivity contribution in [1.82, 2.24) is 9.80 Å². The van der Waals surface area contributed by atoms with Crippen molar-refractivity contribution in [2.24, 2.45) is 0 Å². The van der Waals surface area contributed by atoms with Crippen molar-refractivity contribution in [2.75, 3.05) is 33.2 Å². The van der Waals surface area contributed by atoms with Gasteiger partial charge in [0.15, 0.2) is 0 Å². The number of phenols is 1. The van der Waals surface area contributed by atoms with Crippen LogP contribution in [0.3, 0.4) is 0 Å². The number of aromatic hydroxyl groups is 1. The van der Waals surface area contributed by atoms with E-state index in [9.17, 15) is 5.11 Å². The van der Waals surface area contributed by atoms with Gasteiger partial charge in [0.2, 0.25) is 0 Å². The van der Waals surface area contributed by atoms with E-state index in [0.29, 0.717) is 5.75 Å². The largest absolute Gasteiger partial charge is 0.508 e. The fraction of sp³-hybridized carbons (Fsp3) is 0.571. The maximum absolute atomic E-state index is 9.21. The Bertz CT molecular complexity index is 307. The van der Waals surface area contributed by atoms with Gasteiger partial charge in [0.25, 0.3) is 0 Å². The molecule has 1 rings (SSSR count). The first-order valence-electron chi connectivity index (χ1n) is 6.34. The molecular weight excluding hydrogens is 212 g/mol. The van der Waals surface area contributed by atoms with E-state index in [1.165, 1.54) is 5.56 Å². The summed E-state index contributed by atoms with van der Waals surface area (Å²) in [7, 11) is 2.14. The zero-order valence-electron chi connectivity index (χ0n) is 11.2. The van der Waals surface area contributed by atoms with Crippen LogP contribution in [-0.2, 0) is 6.54 Å². The molecular formula is C14H24N2O. The molecule has 0 bridgehead atoms.